The van der Waals surface area contributed by atoms with E-state index in [4.69, 9.17) is 14.2 Å². The Morgan fingerprint density at radius 2 is 0.767 bits per heavy atom. The maximum absolute atomic E-state index is 11.6. The molecule has 5 heteroatoms. The zero-order valence-electron chi connectivity index (χ0n) is 19.9. The Labute approximate surface area is 185 Å². The Morgan fingerprint density at radius 1 is 0.467 bits per heavy atom. The third-order valence-electron chi connectivity index (χ3n) is 5.21. The minimum atomic E-state index is -0.415. The van der Waals surface area contributed by atoms with Crippen LogP contribution < -0.4 is 0 Å². The third-order valence-corrected chi connectivity index (χ3v) is 5.21. The molecule has 0 aromatic carbocycles. The van der Waals surface area contributed by atoms with Gasteiger partial charge in [-0.25, -0.2) is 9.59 Å². The number of rotatable bonds is 23. The van der Waals surface area contributed by atoms with Gasteiger partial charge in [-0.3, -0.25) is 0 Å². The molecule has 5 nitrogen and oxygen atoms in total. The molecule has 0 rings (SSSR count). The van der Waals surface area contributed by atoms with Gasteiger partial charge in [0.2, 0.25) is 0 Å². The number of carbonyl (C=O) groups is 2. The van der Waals surface area contributed by atoms with Crippen molar-refractivity contribution >= 4 is 11.9 Å². The van der Waals surface area contributed by atoms with Gasteiger partial charge in [0.15, 0.2) is 0 Å². The van der Waals surface area contributed by atoms with E-state index in [1.807, 2.05) is 0 Å². The lowest BCUT2D eigenvalue weighted by Gasteiger charge is -2.07. The van der Waals surface area contributed by atoms with Crippen LogP contribution >= 0.6 is 0 Å². The molecule has 0 aliphatic carbocycles. The van der Waals surface area contributed by atoms with Gasteiger partial charge in [-0.05, 0) is 12.8 Å². The van der Waals surface area contributed by atoms with Gasteiger partial charge in [0.25, 0.3) is 0 Å². The van der Waals surface area contributed by atoms with Crippen LogP contribution in [-0.2, 0) is 23.8 Å². The van der Waals surface area contributed by atoms with Crippen LogP contribution in [0.25, 0.3) is 0 Å². The fraction of sp³-hybridized carbons (Fsp3) is 0.920. The number of hydrogen-bond acceptors (Lipinski definition) is 5. The van der Waals surface area contributed by atoms with Crippen molar-refractivity contribution in [3.8, 4) is 0 Å². The summed E-state index contributed by atoms with van der Waals surface area (Å²) in [6.45, 7) is 4.92. The molecule has 0 heterocycles. The molecule has 0 spiro atoms. The second-order valence-corrected chi connectivity index (χ2v) is 8.24. The lowest BCUT2D eigenvalue weighted by molar-refractivity contribution is -0.155. The first-order chi connectivity index (χ1) is 14.7. The van der Waals surface area contributed by atoms with Gasteiger partial charge < -0.3 is 14.2 Å². The number of unbranched alkanes of at least 4 members (excludes halogenated alkanes) is 15. The third kappa shape index (κ3) is 23.2. The Balaban J connectivity index is 3.29. The number of ether oxygens (including phenoxy) is 3. The van der Waals surface area contributed by atoms with Crippen molar-refractivity contribution in [3.63, 3.8) is 0 Å². The second kappa shape index (κ2) is 24.2. The summed E-state index contributed by atoms with van der Waals surface area (Å²) >= 11 is 0. The molecule has 0 aromatic rings. The van der Waals surface area contributed by atoms with E-state index in [0.29, 0.717) is 13.2 Å². The molecule has 0 saturated heterocycles. The van der Waals surface area contributed by atoms with Crippen molar-refractivity contribution in [2.75, 3.05) is 26.4 Å². The predicted molar refractivity (Wildman–Crippen MR) is 123 cm³/mol. The van der Waals surface area contributed by atoms with Crippen LogP contribution in [0.15, 0.2) is 0 Å². The lowest BCUT2D eigenvalue weighted by Crippen LogP contribution is -2.19. The molecule has 0 aliphatic heterocycles. The minimum absolute atomic E-state index is 0.190. The molecule has 178 valence electrons. The molecular weight excluding hydrogens is 380 g/mol. The van der Waals surface area contributed by atoms with Crippen LogP contribution in [0.4, 0.5) is 0 Å². The van der Waals surface area contributed by atoms with Crippen LogP contribution in [0.3, 0.4) is 0 Å². The summed E-state index contributed by atoms with van der Waals surface area (Å²) < 4.78 is 15.3. The highest BCUT2D eigenvalue weighted by molar-refractivity contribution is 5.73. The number of esters is 2. The van der Waals surface area contributed by atoms with E-state index in [2.05, 4.69) is 13.8 Å². The van der Waals surface area contributed by atoms with E-state index in [0.717, 1.165) is 25.7 Å². The predicted octanol–water partition coefficient (Wildman–Crippen LogP) is 6.76. The van der Waals surface area contributed by atoms with E-state index >= 15 is 0 Å². The zero-order chi connectivity index (χ0) is 22.1. The SMILES string of the molecule is CCCCCCCCCCCCCOC(=O)COCC(=O)OCCCCCCCC. The summed E-state index contributed by atoms with van der Waals surface area (Å²) in [5, 5.41) is 0. The molecule has 0 N–H and O–H groups in total. The Kier molecular flexibility index (Phi) is 23.3. The van der Waals surface area contributed by atoms with Gasteiger partial charge in [-0.2, -0.15) is 0 Å². The summed E-state index contributed by atoms with van der Waals surface area (Å²) in [4.78, 5) is 23.1. The first-order valence-electron chi connectivity index (χ1n) is 12.6. The normalized spacial score (nSPS) is 10.9. The summed E-state index contributed by atoms with van der Waals surface area (Å²) in [6.07, 6.45) is 20.8. The largest absolute Gasteiger partial charge is 0.464 e. The Hall–Kier alpha value is -1.10. The van der Waals surface area contributed by atoms with Crippen LogP contribution in [0.2, 0.25) is 0 Å². The molecule has 0 bridgehead atoms. The fourth-order valence-electron chi connectivity index (χ4n) is 3.32. The van der Waals surface area contributed by atoms with Crippen LogP contribution in [0.5, 0.6) is 0 Å². The molecular formula is C25H48O5. The van der Waals surface area contributed by atoms with Gasteiger partial charge in [0, 0.05) is 0 Å². The summed E-state index contributed by atoms with van der Waals surface area (Å²) in [5.74, 6) is -0.826. The maximum atomic E-state index is 11.6. The molecule has 0 atom stereocenters. The molecule has 0 aromatic heterocycles. The molecule has 0 aliphatic rings. The maximum Gasteiger partial charge on any atom is 0.332 e. The molecule has 0 fully saturated rings. The van der Waals surface area contributed by atoms with Crippen molar-refractivity contribution in [1.29, 1.82) is 0 Å². The highest BCUT2D eigenvalue weighted by Crippen LogP contribution is 2.11. The lowest BCUT2D eigenvalue weighted by atomic mass is 10.1. The Bertz CT molecular complexity index is 384. The number of carbonyl (C=O) groups excluding carboxylic acids is 2. The van der Waals surface area contributed by atoms with E-state index < -0.39 is 11.9 Å². The highest BCUT2D eigenvalue weighted by atomic mass is 16.6. The topological polar surface area (TPSA) is 61.8 Å². The molecule has 0 unspecified atom stereocenters. The second-order valence-electron chi connectivity index (χ2n) is 8.24. The van der Waals surface area contributed by atoms with Crippen LogP contribution in [0.1, 0.15) is 123 Å². The number of hydrogen-bond donors (Lipinski definition) is 0. The van der Waals surface area contributed by atoms with E-state index in [1.165, 1.54) is 83.5 Å². The van der Waals surface area contributed by atoms with Gasteiger partial charge in [0.1, 0.15) is 13.2 Å². The molecule has 0 amide bonds. The smallest absolute Gasteiger partial charge is 0.332 e. The van der Waals surface area contributed by atoms with Crippen molar-refractivity contribution in [3.05, 3.63) is 0 Å². The average Bonchev–Trinajstić information content (AvgIpc) is 2.74. The molecule has 0 radical (unpaired) electrons. The van der Waals surface area contributed by atoms with Crippen molar-refractivity contribution in [1.82, 2.24) is 0 Å². The van der Waals surface area contributed by atoms with Crippen LogP contribution in [-0.4, -0.2) is 38.4 Å². The first-order valence-corrected chi connectivity index (χ1v) is 12.6. The molecule has 0 saturated carbocycles. The summed E-state index contributed by atoms with van der Waals surface area (Å²) in [7, 11) is 0. The van der Waals surface area contributed by atoms with Gasteiger partial charge >= 0.3 is 11.9 Å². The quantitative estimate of drug-likeness (QED) is 0.133. The Morgan fingerprint density at radius 3 is 1.10 bits per heavy atom. The van der Waals surface area contributed by atoms with Crippen molar-refractivity contribution < 1.29 is 23.8 Å². The average molecular weight is 429 g/mol. The van der Waals surface area contributed by atoms with Gasteiger partial charge in [0.05, 0.1) is 13.2 Å². The van der Waals surface area contributed by atoms with Crippen molar-refractivity contribution in [2.24, 2.45) is 0 Å². The van der Waals surface area contributed by atoms with Gasteiger partial charge in [-0.1, -0.05) is 110 Å². The van der Waals surface area contributed by atoms with Gasteiger partial charge in [-0.15, -0.1) is 0 Å². The monoisotopic (exact) mass is 428 g/mol. The molecule has 30 heavy (non-hydrogen) atoms. The zero-order valence-corrected chi connectivity index (χ0v) is 19.9. The van der Waals surface area contributed by atoms with E-state index in [-0.39, 0.29) is 13.2 Å². The van der Waals surface area contributed by atoms with E-state index in [9.17, 15) is 9.59 Å². The van der Waals surface area contributed by atoms with Crippen LogP contribution in [0, 0.1) is 0 Å². The fourth-order valence-corrected chi connectivity index (χ4v) is 3.32. The van der Waals surface area contributed by atoms with Crippen molar-refractivity contribution in [2.45, 2.75) is 123 Å². The summed E-state index contributed by atoms with van der Waals surface area (Å²) in [6, 6.07) is 0. The minimum Gasteiger partial charge on any atom is -0.464 e. The standard InChI is InChI=1S/C25H48O5/c1-3-5-7-9-11-12-13-14-15-17-19-21-30-25(27)23-28-22-24(26)29-20-18-16-10-8-6-4-2/h3-23H2,1-2H3. The first kappa shape index (κ1) is 28.9. The van der Waals surface area contributed by atoms with E-state index in [1.54, 1.807) is 0 Å². The highest BCUT2D eigenvalue weighted by Gasteiger charge is 2.07. The summed E-state index contributed by atoms with van der Waals surface area (Å²) in [5.41, 5.74) is 0.